The molecule has 0 atom stereocenters. The number of thiazole rings is 1. The van der Waals surface area contributed by atoms with Crippen molar-refractivity contribution in [1.82, 2.24) is 19.7 Å². The predicted octanol–water partition coefficient (Wildman–Crippen LogP) is 3.38. The average Bonchev–Trinajstić information content (AvgIpc) is 3.27. The number of nitrogens with zero attached hydrogens (tertiary/aromatic N) is 5. The molecule has 10 heteroatoms. The number of anilines is 1. The Morgan fingerprint density at radius 2 is 1.83 bits per heavy atom. The van der Waals surface area contributed by atoms with Crippen LogP contribution in [0, 0.1) is 6.92 Å². The van der Waals surface area contributed by atoms with Crippen molar-refractivity contribution in [1.29, 1.82) is 0 Å². The minimum Gasteiger partial charge on any atom is -0.495 e. The van der Waals surface area contributed by atoms with Gasteiger partial charge >= 0.3 is 0 Å². The van der Waals surface area contributed by atoms with Gasteiger partial charge in [0.05, 0.1) is 20.4 Å². The Labute approximate surface area is 186 Å². The maximum absolute atomic E-state index is 13.5. The molecule has 0 N–H and O–H groups in total. The van der Waals surface area contributed by atoms with Crippen molar-refractivity contribution in [3.05, 3.63) is 29.6 Å². The van der Waals surface area contributed by atoms with Crippen LogP contribution in [0.1, 0.15) is 22.5 Å². The lowest BCUT2D eigenvalue weighted by molar-refractivity contribution is 0.0976. The maximum Gasteiger partial charge on any atom is 0.278 e. The van der Waals surface area contributed by atoms with E-state index in [0.717, 1.165) is 23.2 Å². The third kappa shape index (κ3) is 4.69. The first-order chi connectivity index (χ1) is 13.9. The fourth-order valence-corrected chi connectivity index (χ4v) is 4.30. The van der Waals surface area contributed by atoms with Gasteiger partial charge in [-0.05, 0) is 51.7 Å². The number of hydrogen-bond donors (Lipinski definition) is 0. The quantitative estimate of drug-likeness (QED) is 0.520. The number of rotatable bonds is 8. The topological polar surface area (TPSA) is 72.7 Å². The van der Waals surface area contributed by atoms with E-state index in [4.69, 9.17) is 14.5 Å². The number of aryl methyl sites for hydroxylation is 2. The molecule has 3 aromatic rings. The van der Waals surface area contributed by atoms with E-state index in [1.54, 1.807) is 37.0 Å². The van der Waals surface area contributed by atoms with Crippen molar-refractivity contribution in [3.8, 4) is 11.5 Å². The number of carbonyl (C=O) groups excluding carboxylic acids is 1. The Kier molecular flexibility index (Phi) is 8.05. The van der Waals surface area contributed by atoms with Gasteiger partial charge in [0, 0.05) is 13.6 Å². The van der Waals surface area contributed by atoms with Gasteiger partial charge in [-0.15, -0.1) is 12.4 Å². The third-order valence-electron chi connectivity index (χ3n) is 4.69. The number of methoxy groups -OCH3 is 2. The molecule has 0 saturated carbocycles. The van der Waals surface area contributed by atoms with Crippen LogP contribution in [0.5, 0.6) is 11.5 Å². The SMILES string of the molecule is COc1ccc(OC)c2sc(N(CCCN(C)C)C(=O)c3c(C)cnn3C)nc12.Cl. The lowest BCUT2D eigenvalue weighted by Crippen LogP contribution is -2.35. The zero-order valence-corrected chi connectivity index (χ0v) is 19.8. The second-order valence-electron chi connectivity index (χ2n) is 7.06. The second kappa shape index (κ2) is 10.1. The molecule has 3 rings (SSSR count). The number of fused-ring (bicyclic) bond motifs is 1. The molecule has 0 aliphatic rings. The van der Waals surface area contributed by atoms with Gasteiger partial charge in [-0.25, -0.2) is 4.98 Å². The van der Waals surface area contributed by atoms with Crippen molar-refractivity contribution in [3.63, 3.8) is 0 Å². The van der Waals surface area contributed by atoms with Crippen LogP contribution < -0.4 is 14.4 Å². The van der Waals surface area contributed by atoms with Crippen LogP contribution in [0.2, 0.25) is 0 Å². The van der Waals surface area contributed by atoms with Crippen LogP contribution in [0.4, 0.5) is 5.13 Å². The summed E-state index contributed by atoms with van der Waals surface area (Å²) in [6.45, 7) is 3.31. The minimum atomic E-state index is -0.113. The molecule has 0 saturated heterocycles. The largest absolute Gasteiger partial charge is 0.495 e. The monoisotopic (exact) mass is 453 g/mol. The summed E-state index contributed by atoms with van der Waals surface area (Å²) in [5.74, 6) is 1.25. The molecule has 8 nitrogen and oxygen atoms in total. The van der Waals surface area contributed by atoms with E-state index >= 15 is 0 Å². The molecule has 1 aromatic carbocycles. The third-order valence-corrected chi connectivity index (χ3v) is 5.78. The van der Waals surface area contributed by atoms with E-state index in [9.17, 15) is 4.79 Å². The molecule has 164 valence electrons. The summed E-state index contributed by atoms with van der Waals surface area (Å²) >= 11 is 1.43. The molecule has 0 aliphatic heterocycles. The van der Waals surface area contributed by atoms with E-state index in [-0.39, 0.29) is 18.3 Å². The van der Waals surface area contributed by atoms with E-state index in [0.29, 0.717) is 34.4 Å². The molecule has 0 spiro atoms. The molecule has 1 amide bonds. The number of ether oxygens (including phenoxy) is 2. The van der Waals surface area contributed by atoms with Crippen molar-refractivity contribution >= 4 is 45.0 Å². The Balaban J connectivity index is 0.00000320. The van der Waals surface area contributed by atoms with Crippen LogP contribution in [0.25, 0.3) is 10.2 Å². The fraction of sp³-hybridized carbons (Fsp3) is 0.450. The highest BCUT2D eigenvalue weighted by Gasteiger charge is 2.26. The fourth-order valence-electron chi connectivity index (χ4n) is 3.20. The molecular formula is C20H28ClN5O3S. The summed E-state index contributed by atoms with van der Waals surface area (Å²) in [7, 11) is 9.05. The summed E-state index contributed by atoms with van der Waals surface area (Å²) in [6, 6.07) is 3.68. The molecule has 2 heterocycles. The Bertz CT molecular complexity index is 957. The number of carbonyl (C=O) groups is 1. The molecule has 0 radical (unpaired) electrons. The highest BCUT2D eigenvalue weighted by molar-refractivity contribution is 7.22. The summed E-state index contributed by atoms with van der Waals surface area (Å²) in [6.07, 6.45) is 2.52. The molecule has 0 aliphatic carbocycles. The summed E-state index contributed by atoms with van der Waals surface area (Å²) < 4.78 is 13.4. The first-order valence-electron chi connectivity index (χ1n) is 9.34. The standard InChI is InChI=1S/C20H27N5O3S.ClH/c1-13-12-21-24(4)17(13)19(26)25(11-7-10-23(2)3)20-22-16-14(27-5)8-9-15(28-6)18(16)29-20;/h8-9,12H,7,10-11H2,1-6H3;1H. The van der Waals surface area contributed by atoms with Crippen molar-refractivity contribution < 1.29 is 14.3 Å². The lowest BCUT2D eigenvalue weighted by Gasteiger charge is -2.21. The normalized spacial score (nSPS) is 10.9. The molecule has 2 aromatic heterocycles. The van der Waals surface area contributed by atoms with E-state index in [1.165, 1.54) is 11.3 Å². The van der Waals surface area contributed by atoms with Crippen LogP contribution in [0.15, 0.2) is 18.3 Å². The predicted molar refractivity (Wildman–Crippen MR) is 123 cm³/mol. The Hall–Kier alpha value is -2.36. The van der Waals surface area contributed by atoms with Crippen LogP contribution in [-0.2, 0) is 7.05 Å². The summed E-state index contributed by atoms with van der Waals surface area (Å²) in [5.41, 5.74) is 2.10. The Morgan fingerprint density at radius 1 is 1.17 bits per heavy atom. The summed E-state index contributed by atoms with van der Waals surface area (Å²) in [4.78, 5) is 22.1. The first kappa shape index (κ1) is 23.9. The van der Waals surface area contributed by atoms with Gasteiger partial charge in [-0.1, -0.05) is 11.3 Å². The van der Waals surface area contributed by atoms with Crippen LogP contribution in [-0.4, -0.2) is 67.0 Å². The number of amides is 1. The zero-order valence-electron chi connectivity index (χ0n) is 18.1. The van der Waals surface area contributed by atoms with Gasteiger partial charge in [-0.3, -0.25) is 14.4 Å². The highest BCUT2D eigenvalue weighted by Crippen LogP contribution is 2.40. The van der Waals surface area contributed by atoms with E-state index in [2.05, 4.69) is 10.00 Å². The number of aromatic nitrogens is 3. The van der Waals surface area contributed by atoms with Gasteiger partial charge in [-0.2, -0.15) is 5.10 Å². The van der Waals surface area contributed by atoms with Gasteiger partial charge in [0.15, 0.2) is 5.13 Å². The number of hydrogen-bond acceptors (Lipinski definition) is 7. The van der Waals surface area contributed by atoms with Gasteiger partial charge < -0.3 is 14.4 Å². The van der Waals surface area contributed by atoms with Crippen LogP contribution in [0.3, 0.4) is 0 Å². The van der Waals surface area contributed by atoms with E-state index < -0.39 is 0 Å². The van der Waals surface area contributed by atoms with Crippen molar-refractivity contribution in [2.45, 2.75) is 13.3 Å². The van der Waals surface area contributed by atoms with Crippen molar-refractivity contribution in [2.75, 3.05) is 46.3 Å². The molecule has 0 unspecified atom stereocenters. The Morgan fingerprint density at radius 3 is 2.40 bits per heavy atom. The molecule has 0 fully saturated rings. The number of benzene rings is 1. The zero-order chi connectivity index (χ0) is 21.1. The highest BCUT2D eigenvalue weighted by atomic mass is 35.5. The molecule has 30 heavy (non-hydrogen) atoms. The van der Waals surface area contributed by atoms with Gasteiger partial charge in [0.1, 0.15) is 27.4 Å². The van der Waals surface area contributed by atoms with Crippen molar-refractivity contribution in [2.24, 2.45) is 7.05 Å². The van der Waals surface area contributed by atoms with Gasteiger partial charge in [0.2, 0.25) is 0 Å². The smallest absolute Gasteiger partial charge is 0.278 e. The second-order valence-corrected chi connectivity index (χ2v) is 8.04. The lowest BCUT2D eigenvalue weighted by atomic mass is 10.2. The first-order valence-corrected chi connectivity index (χ1v) is 10.2. The minimum absolute atomic E-state index is 0. The average molecular weight is 454 g/mol. The van der Waals surface area contributed by atoms with Crippen LogP contribution >= 0.6 is 23.7 Å². The maximum atomic E-state index is 13.5. The van der Waals surface area contributed by atoms with E-state index in [1.807, 2.05) is 33.2 Å². The van der Waals surface area contributed by atoms with Gasteiger partial charge in [0.25, 0.3) is 5.91 Å². The number of halogens is 1. The molecular weight excluding hydrogens is 426 g/mol. The molecule has 0 bridgehead atoms. The summed E-state index contributed by atoms with van der Waals surface area (Å²) in [5, 5.41) is 4.84.